The molecule has 4 nitrogen and oxygen atoms in total. The highest BCUT2D eigenvalue weighted by molar-refractivity contribution is 5.75. The van der Waals surface area contributed by atoms with Crippen LogP contribution < -0.4 is 10.5 Å². The summed E-state index contributed by atoms with van der Waals surface area (Å²) in [5.41, 5.74) is 5.13. The molecule has 0 aliphatic carbocycles. The van der Waals surface area contributed by atoms with Crippen molar-refractivity contribution in [2.45, 2.75) is 18.6 Å². The third kappa shape index (κ3) is 3.85. The zero-order valence-corrected chi connectivity index (χ0v) is 10.5. The van der Waals surface area contributed by atoms with Crippen LogP contribution in [-0.2, 0) is 22.1 Å². The van der Waals surface area contributed by atoms with Gasteiger partial charge in [0.05, 0.1) is 19.8 Å². The van der Waals surface area contributed by atoms with Crippen LogP contribution in [0.2, 0.25) is 0 Å². The molecule has 106 valence electrons. The fraction of sp³-hybridized carbons (Fsp3) is 0.417. The molecule has 19 heavy (non-hydrogen) atoms. The second-order valence-electron chi connectivity index (χ2n) is 3.87. The lowest BCUT2D eigenvalue weighted by atomic mass is 10.0. The van der Waals surface area contributed by atoms with Crippen molar-refractivity contribution in [1.82, 2.24) is 0 Å². The average molecular weight is 277 g/mol. The number of benzene rings is 1. The van der Waals surface area contributed by atoms with Crippen LogP contribution in [0.4, 0.5) is 13.2 Å². The molecule has 0 radical (unpaired) electrons. The van der Waals surface area contributed by atoms with E-state index < -0.39 is 23.8 Å². The largest absolute Gasteiger partial charge is 0.496 e. The minimum Gasteiger partial charge on any atom is -0.496 e. The van der Waals surface area contributed by atoms with Crippen LogP contribution in [0.15, 0.2) is 18.2 Å². The Morgan fingerprint density at radius 1 is 1.37 bits per heavy atom. The van der Waals surface area contributed by atoms with Crippen molar-refractivity contribution in [2.24, 2.45) is 5.73 Å². The van der Waals surface area contributed by atoms with E-state index in [-0.39, 0.29) is 12.2 Å². The maximum absolute atomic E-state index is 12.6. The molecular weight excluding hydrogens is 263 g/mol. The van der Waals surface area contributed by atoms with Gasteiger partial charge in [-0.1, -0.05) is 6.07 Å². The van der Waals surface area contributed by atoms with E-state index in [4.69, 9.17) is 10.5 Å². The van der Waals surface area contributed by atoms with Gasteiger partial charge in [-0.25, -0.2) is 0 Å². The minimum atomic E-state index is -4.49. The van der Waals surface area contributed by atoms with Gasteiger partial charge in [0, 0.05) is 0 Å². The number of carbonyl (C=O) groups is 1. The molecule has 0 fully saturated rings. The number of rotatable bonds is 4. The van der Waals surface area contributed by atoms with Crippen LogP contribution in [-0.4, -0.2) is 26.2 Å². The monoisotopic (exact) mass is 277 g/mol. The second kappa shape index (κ2) is 5.92. The Labute approximate surface area is 108 Å². The number of carbonyl (C=O) groups excluding carboxylic acids is 1. The molecule has 0 aromatic heterocycles. The van der Waals surface area contributed by atoms with E-state index in [2.05, 4.69) is 4.74 Å². The zero-order chi connectivity index (χ0) is 14.6. The summed E-state index contributed by atoms with van der Waals surface area (Å²) in [6.45, 7) is 0. The van der Waals surface area contributed by atoms with Crippen LogP contribution in [0.1, 0.15) is 11.1 Å². The van der Waals surface area contributed by atoms with Crippen molar-refractivity contribution in [3.05, 3.63) is 29.3 Å². The van der Waals surface area contributed by atoms with E-state index in [1.807, 2.05) is 0 Å². The first-order chi connectivity index (χ1) is 8.79. The molecule has 2 N–H and O–H groups in total. The summed E-state index contributed by atoms with van der Waals surface area (Å²) in [5, 5.41) is 0. The number of nitrogens with two attached hydrogens (primary N) is 1. The number of hydrogen-bond donors (Lipinski definition) is 1. The molecule has 0 aliphatic heterocycles. The van der Waals surface area contributed by atoms with Gasteiger partial charge >= 0.3 is 12.1 Å². The lowest BCUT2D eigenvalue weighted by molar-refractivity contribution is -0.142. The van der Waals surface area contributed by atoms with Crippen molar-refractivity contribution >= 4 is 5.97 Å². The van der Waals surface area contributed by atoms with E-state index >= 15 is 0 Å². The Kier molecular flexibility index (Phi) is 4.77. The highest BCUT2D eigenvalue weighted by Gasteiger charge is 2.34. The Morgan fingerprint density at radius 3 is 2.47 bits per heavy atom. The summed E-state index contributed by atoms with van der Waals surface area (Å²) in [7, 11) is 2.34. The first-order valence-corrected chi connectivity index (χ1v) is 5.37. The van der Waals surface area contributed by atoms with Crippen molar-refractivity contribution in [2.75, 3.05) is 14.2 Å². The van der Waals surface area contributed by atoms with Gasteiger partial charge in [-0.05, 0) is 24.1 Å². The molecule has 0 bridgehead atoms. The SMILES string of the molecule is COC(=O)[C@@H](N)Cc1ccc(C(F)(F)F)c(OC)c1. The standard InChI is InChI=1S/C12H14F3NO3/c1-18-10-6-7(5-9(16)11(17)19-2)3-4-8(10)12(13,14)15/h3-4,6,9H,5,16H2,1-2H3/t9-/m0/s1. The Hall–Kier alpha value is -1.76. The number of halogens is 3. The summed E-state index contributed by atoms with van der Waals surface area (Å²) in [5.74, 6) is -0.930. The molecule has 0 heterocycles. The number of ether oxygens (including phenoxy) is 2. The van der Waals surface area contributed by atoms with Gasteiger partial charge < -0.3 is 15.2 Å². The summed E-state index contributed by atoms with van der Waals surface area (Å²) in [4.78, 5) is 11.1. The van der Waals surface area contributed by atoms with Gasteiger partial charge in [0.25, 0.3) is 0 Å². The smallest absolute Gasteiger partial charge is 0.419 e. The first kappa shape index (κ1) is 15.3. The molecule has 1 aromatic rings. The Bertz CT molecular complexity index is 460. The number of methoxy groups -OCH3 is 2. The topological polar surface area (TPSA) is 61.5 Å². The summed E-state index contributed by atoms with van der Waals surface area (Å²) < 4.78 is 47.0. The predicted molar refractivity (Wildman–Crippen MR) is 61.7 cm³/mol. The minimum absolute atomic E-state index is 0.0706. The normalized spacial score (nSPS) is 12.9. The van der Waals surface area contributed by atoms with Crippen LogP contribution >= 0.6 is 0 Å². The predicted octanol–water partition coefficient (Wildman–Crippen LogP) is 1.76. The molecule has 7 heteroatoms. The third-order valence-electron chi connectivity index (χ3n) is 2.53. The van der Waals surface area contributed by atoms with Crippen molar-refractivity contribution in [3.8, 4) is 5.75 Å². The second-order valence-corrected chi connectivity index (χ2v) is 3.87. The van der Waals surface area contributed by atoms with E-state index in [0.717, 1.165) is 13.2 Å². The molecule has 0 unspecified atom stereocenters. The molecule has 1 rings (SSSR count). The van der Waals surface area contributed by atoms with Crippen molar-refractivity contribution in [3.63, 3.8) is 0 Å². The van der Waals surface area contributed by atoms with Gasteiger partial charge in [-0.2, -0.15) is 13.2 Å². The van der Waals surface area contributed by atoms with Crippen LogP contribution in [0.5, 0.6) is 5.75 Å². The van der Waals surface area contributed by atoms with Crippen LogP contribution in [0, 0.1) is 0 Å². The first-order valence-electron chi connectivity index (χ1n) is 5.37. The fourth-order valence-electron chi connectivity index (χ4n) is 1.59. The molecule has 0 aliphatic rings. The lowest BCUT2D eigenvalue weighted by Crippen LogP contribution is -2.33. The number of alkyl halides is 3. The summed E-state index contributed by atoms with van der Waals surface area (Å²) in [6.07, 6.45) is -4.42. The molecule has 0 amide bonds. The van der Waals surface area contributed by atoms with Gasteiger partial charge in [0.15, 0.2) is 0 Å². The maximum atomic E-state index is 12.6. The maximum Gasteiger partial charge on any atom is 0.419 e. The molecule has 0 spiro atoms. The van der Waals surface area contributed by atoms with E-state index in [9.17, 15) is 18.0 Å². The number of esters is 1. The quantitative estimate of drug-likeness (QED) is 0.852. The molecule has 0 saturated heterocycles. The Morgan fingerprint density at radius 2 is 2.00 bits per heavy atom. The van der Waals surface area contributed by atoms with Crippen LogP contribution in [0.3, 0.4) is 0 Å². The lowest BCUT2D eigenvalue weighted by Gasteiger charge is -2.14. The average Bonchev–Trinajstić information content (AvgIpc) is 2.36. The van der Waals surface area contributed by atoms with E-state index in [1.165, 1.54) is 19.2 Å². The van der Waals surface area contributed by atoms with Gasteiger partial charge in [0.1, 0.15) is 11.8 Å². The van der Waals surface area contributed by atoms with Gasteiger partial charge in [0.2, 0.25) is 0 Å². The zero-order valence-electron chi connectivity index (χ0n) is 10.5. The molecule has 1 aromatic carbocycles. The molecule has 0 saturated carbocycles. The van der Waals surface area contributed by atoms with Crippen molar-refractivity contribution < 1.29 is 27.4 Å². The van der Waals surface area contributed by atoms with E-state index in [1.54, 1.807) is 0 Å². The molecule has 1 atom stereocenters. The highest BCUT2D eigenvalue weighted by atomic mass is 19.4. The number of hydrogen-bond acceptors (Lipinski definition) is 4. The van der Waals surface area contributed by atoms with Crippen LogP contribution in [0.25, 0.3) is 0 Å². The van der Waals surface area contributed by atoms with Gasteiger partial charge in [-0.3, -0.25) is 4.79 Å². The van der Waals surface area contributed by atoms with E-state index in [0.29, 0.717) is 5.56 Å². The highest BCUT2D eigenvalue weighted by Crippen LogP contribution is 2.36. The van der Waals surface area contributed by atoms with Gasteiger partial charge in [-0.15, -0.1) is 0 Å². The Balaban J connectivity index is 2.98. The summed E-state index contributed by atoms with van der Waals surface area (Å²) >= 11 is 0. The third-order valence-corrected chi connectivity index (χ3v) is 2.53. The summed E-state index contributed by atoms with van der Waals surface area (Å²) in [6, 6.07) is 2.45. The fourth-order valence-corrected chi connectivity index (χ4v) is 1.59. The van der Waals surface area contributed by atoms with Crippen molar-refractivity contribution in [1.29, 1.82) is 0 Å². The molecular formula is C12H14F3NO3.